The van der Waals surface area contributed by atoms with Crippen molar-refractivity contribution >= 4 is 0 Å². The summed E-state index contributed by atoms with van der Waals surface area (Å²) in [5.41, 5.74) is 0. The lowest BCUT2D eigenvalue weighted by Gasteiger charge is -2.36. The fraction of sp³-hybridized carbons (Fsp3) is 1.00. The largest absolute Gasteiger partial charge is 0.311 e. The van der Waals surface area contributed by atoms with Crippen LogP contribution in [0.1, 0.15) is 46.5 Å². The highest BCUT2D eigenvalue weighted by molar-refractivity contribution is 4.81. The fourth-order valence-corrected chi connectivity index (χ4v) is 2.30. The van der Waals surface area contributed by atoms with Gasteiger partial charge in [0.1, 0.15) is 0 Å². The molecule has 0 spiro atoms. The zero-order valence-corrected chi connectivity index (χ0v) is 10.8. The molecule has 2 heteroatoms. The van der Waals surface area contributed by atoms with E-state index in [4.69, 9.17) is 0 Å². The first kappa shape index (κ1) is 13.0. The highest BCUT2D eigenvalue weighted by Gasteiger charge is 2.22. The standard InChI is InChI=1S/C13H28N2/c1-4-6-7-9-15-10-8-14-13(11-15)12(3)5-2/h12-14H,4-11H2,1-3H3. The maximum atomic E-state index is 3.65. The molecule has 1 rings (SSSR count). The van der Waals surface area contributed by atoms with Crippen molar-refractivity contribution in [2.45, 2.75) is 52.5 Å². The maximum Gasteiger partial charge on any atom is 0.0221 e. The van der Waals surface area contributed by atoms with E-state index in [1.165, 1.54) is 51.9 Å². The first-order valence-corrected chi connectivity index (χ1v) is 6.73. The third kappa shape index (κ3) is 4.52. The van der Waals surface area contributed by atoms with E-state index < -0.39 is 0 Å². The summed E-state index contributed by atoms with van der Waals surface area (Å²) in [6.07, 6.45) is 5.39. The molecule has 0 radical (unpaired) electrons. The average molecular weight is 212 g/mol. The molecule has 1 aliphatic rings. The Kier molecular flexibility index (Phi) is 6.26. The first-order chi connectivity index (χ1) is 7.27. The van der Waals surface area contributed by atoms with Gasteiger partial charge in [-0.1, -0.05) is 40.0 Å². The second-order valence-electron chi connectivity index (χ2n) is 4.95. The molecule has 0 aromatic heterocycles. The Morgan fingerprint density at radius 2 is 2.13 bits per heavy atom. The molecule has 0 aromatic rings. The average Bonchev–Trinajstić information content (AvgIpc) is 2.29. The number of rotatable bonds is 6. The molecule has 0 aliphatic carbocycles. The third-order valence-corrected chi connectivity index (χ3v) is 3.70. The van der Waals surface area contributed by atoms with Gasteiger partial charge < -0.3 is 10.2 Å². The van der Waals surface area contributed by atoms with E-state index >= 15 is 0 Å². The molecule has 1 aliphatic heterocycles. The highest BCUT2D eigenvalue weighted by atomic mass is 15.2. The zero-order chi connectivity index (χ0) is 11.1. The van der Waals surface area contributed by atoms with Crippen LogP contribution in [0.2, 0.25) is 0 Å². The van der Waals surface area contributed by atoms with Gasteiger partial charge in [-0.25, -0.2) is 0 Å². The fourth-order valence-electron chi connectivity index (χ4n) is 2.30. The SMILES string of the molecule is CCCCCN1CCNC(C(C)CC)C1. The predicted molar refractivity (Wildman–Crippen MR) is 67.2 cm³/mol. The Bertz CT molecular complexity index is 159. The van der Waals surface area contributed by atoms with Crippen molar-refractivity contribution in [2.24, 2.45) is 5.92 Å². The summed E-state index contributed by atoms with van der Waals surface area (Å²) in [6, 6.07) is 0.727. The summed E-state index contributed by atoms with van der Waals surface area (Å²) in [5.74, 6) is 0.818. The van der Waals surface area contributed by atoms with Gasteiger partial charge in [0.05, 0.1) is 0 Å². The van der Waals surface area contributed by atoms with E-state index in [2.05, 4.69) is 31.0 Å². The molecule has 1 fully saturated rings. The van der Waals surface area contributed by atoms with Crippen LogP contribution in [-0.4, -0.2) is 37.1 Å². The Hall–Kier alpha value is -0.0800. The van der Waals surface area contributed by atoms with Crippen molar-refractivity contribution < 1.29 is 0 Å². The number of piperazine rings is 1. The summed E-state index contributed by atoms with van der Waals surface area (Å²) in [6.45, 7) is 11.9. The van der Waals surface area contributed by atoms with Crippen molar-refractivity contribution in [1.82, 2.24) is 10.2 Å². The van der Waals surface area contributed by atoms with Crippen LogP contribution in [0.25, 0.3) is 0 Å². The number of nitrogens with one attached hydrogen (secondary N) is 1. The number of hydrogen-bond donors (Lipinski definition) is 1. The molecule has 0 aromatic carbocycles. The summed E-state index contributed by atoms with van der Waals surface area (Å²) in [4.78, 5) is 2.64. The quantitative estimate of drug-likeness (QED) is 0.681. The molecule has 0 amide bonds. The van der Waals surface area contributed by atoms with Gasteiger partial charge in [-0.3, -0.25) is 0 Å². The van der Waals surface area contributed by atoms with Gasteiger partial charge in [-0.2, -0.15) is 0 Å². The summed E-state index contributed by atoms with van der Waals surface area (Å²) >= 11 is 0. The lowest BCUT2D eigenvalue weighted by molar-refractivity contribution is 0.166. The number of unbranched alkanes of at least 4 members (excludes halogenated alkanes) is 2. The Labute approximate surface area is 95.4 Å². The van der Waals surface area contributed by atoms with E-state index in [1.54, 1.807) is 0 Å². The van der Waals surface area contributed by atoms with Crippen LogP contribution in [0.3, 0.4) is 0 Å². The van der Waals surface area contributed by atoms with E-state index in [0.717, 1.165) is 12.0 Å². The van der Waals surface area contributed by atoms with E-state index in [-0.39, 0.29) is 0 Å². The maximum absolute atomic E-state index is 3.65. The Morgan fingerprint density at radius 1 is 1.33 bits per heavy atom. The smallest absolute Gasteiger partial charge is 0.0221 e. The van der Waals surface area contributed by atoms with Gasteiger partial charge >= 0.3 is 0 Å². The lowest BCUT2D eigenvalue weighted by Crippen LogP contribution is -2.53. The van der Waals surface area contributed by atoms with E-state index in [0.29, 0.717) is 0 Å². The molecule has 2 nitrogen and oxygen atoms in total. The molecule has 15 heavy (non-hydrogen) atoms. The van der Waals surface area contributed by atoms with Crippen LogP contribution >= 0.6 is 0 Å². The van der Waals surface area contributed by atoms with Gasteiger partial charge in [0.2, 0.25) is 0 Å². The van der Waals surface area contributed by atoms with Crippen LogP contribution in [0.5, 0.6) is 0 Å². The van der Waals surface area contributed by atoms with Gasteiger partial charge in [0.15, 0.2) is 0 Å². The summed E-state index contributed by atoms with van der Waals surface area (Å²) in [5, 5.41) is 3.65. The normalized spacial score (nSPS) is 25.4. The molecule has 0 bridgehead atoms. The van der Waals surface area contributed by atoms with Gasteiger partial charge in [-0.15, -0.1) is 0 Å². The van der Waals surface area contributed by atoms with Crippen molar-refractivity contribution in [2.75, 3.05) is 26.2 Å². The monoisotopic (exact) mass is 212 g/mol. The Balaban J connectivity index is 2.22. The van der Waals surface area contributed by atoms with Gasteiger partial charge in [-0.05, 0) is 18.9 Å². The molecule has 2 unspecified atom stereocenters. The molecule has 1 heterocycles. The van der Waals surface area contributed by atoms with Crippen molar-refractivity contribution in [1.29, 1.82) is 0 Å². The number of hydrogen-bond acceptors (Lipinski definition) is 2. The molecule has 90 valence electrons. The van der Waals surface area contributed by atoms with Crippen molar-refractivity contribution in [3.8, 4) is 0 Å². The molecule has 0 saturated carbocycles. The third-order valence-electron chi connectivity index (χ3n) is 3.70. The predicted octanol–water partition coefficient (Wildman–Crippen LogP) is 2.50. The van der Waals surface area contributed by atoms with Gasteiger partial charge in [0, 0.05) is 25.7 Å². The number of nitrogens with zero attached hydrogens (tertiary/aromatic N) is 1. The minimum atomic E-state index is 0.727. The van der Waals surface area contributed by atoms with Crippen LogP contribution < -0.4 is 5.32 Å². The van der Waals surface area contributed by atoms with Crippen LogP contribution in [0.15, 0.2) is 0 Å². The van der Waals surface area contributed by atoms with Gasteiger partial charge in [0.25, 0.3) is 0 Å². The molecular formula is C13H28N2. The summed E-state index contributed by atoms with van der Waals surface area (Å²) < 4.78 is 0. The molecule has 1 saturated heterocycles. The zero-order valence-electron chi connectivity index (χ0n) is 10.8. The molecule has 1 N–H and O–H groups in total. The van der Waals surface area contributed by atoms with Crippen molar-refractivity contribution in [3.05, 3.63) is 0 Å². The van der Waals surface area contributed by atoms with E-state index in [9.17, 15) is 0 Å². The van der Waals surface area contributed by atoms with E-state index in [1.807, 2.05) is 0 Å². The topological polar surface area (TPSA) is 15.3 Å². The molecular weight excluding hydrogens is 184 g/mol. The minimum absolute atomic E-state index is 0.727. The summed E-state index contributed by atoms with van der Waals surface area (Å²) in [7, 11) is 0. The van der Waals surface area contributed by atoms with Crippen LogP contribution in [0.4, 0.5) is 0 Å². The first-order valence-electron chi connectivity index (χ1n) is 6.73. The second kappa shape index (κ2) is 7.24. The Morgan fingerprint density at radius 3 is 2.80 bits per heavy atom. The lowest BCUT2D eigenvalue weighted by atomic mass is 9.97. The van der Waals surface area contributed by atoms with Crippen LogP contribution in [0, 0.1) is 5.92 Å². The highest BCUT2D eigenvalue weighted by Crippen LogP contribution is 2.12. The van der Waals surface area contributed by atoms with Crippen molar-refractivity contribution in [3.63, 3.8) is 0 Å². The minimum Gasteiger partial charge on any atom is -0.311 e. The molecule has 2 atom stereocenters. The second-order valence-corrected chi connectivity index (χ2v) is 4.95. The van der Waals surface area contributed by atoms with Crippen LogP contribution in [-0.2, 0) is 0 Å².